The van der Waals surface area contributed by atoms with Crippen molar-refractivity contribution in [3.8, 4) is 5.13 Å². The van der Waals surface area contributed by atoms with E-state index in [2.05, 4.69) is 10.1 Å². The molecule has 1 aromatic carbocycles. The Balaban J connectivity index is 1.87. The van der Waals surface area contributed by atoms with E-state index in [1.165, 1.54) is 18.5 Å². The van der Waals surface area contributed by atoms with Gasteiger partial charge in [-0.1, -0.05) is 23.5 Å². The number of aryl methyl sites for hydroxylation is 1. The maximum atomic E-state index is 12.6. The second kappa shape index (κ2) is 6.41. The molecule has 2 heterocycles. The third kappa shape index (κ3) is 3.38. The fraction of sp³-hybridized carbons (Fsp3) is 0.200. The zero-order valence-corrected chi connectivity index (χ0v) is 14.1. The fourth-order valence-corrected chi connectivity index (χ4v) is 3.15. The average molecular weight is 383 g/mol. The molecule has 3 aromatic rings. The van der Waals surface area contributed by atoms with Crippen LogP contribution in [0.1, 0.15) is 26.5 Å². The van der Waals surface area contributed by atoms with Gasteiger partial charge in [-0.3, -0.25) is 4.79 Å². The standard InChI is InChI=1S/C15H12F3N5O2S/c1-8-11(12(19)24)26-13(21-8)22-7-20-23(14(22)25)6-9-2-4-10(5-3-9)15(16,17)18/h2-5,7H,6H2,1H3,(H2,19,24). The van der Waals surface area contributed by atoms with Gasteiger partial charge in [0.15, 0.2) is 5.13 Å². The molecule has 11 heteroatoms. The Kier molecular flexibility index (Phi) is 4.40. The number of rotatable bonds is 4. The Hall–Kier alpha value is -2.95. The molecular formula is C15H12F3N5O2S. The molecule has 0 saturated carbocycles. The number of hydrogen-bond acceptors (Lipinski definition) is 5. The first-order valence-electron chi connectivity index (χ1n) is 7.25. The third-order valence-electron chi connectivity index (χ3n) is 3.56. The number of carbonyl (C=O) groups is 1. The van der Waals surface area contributed by atoms with Crippen LogP contribution in [0.2, 0.25) is 0 Å². The minimum absolute atomic E-state index is 0.00297. The minimum Gasteiger partial charge on any atom is -0.365 e. The summed E-state index contributed by atoms with van der Waals surface area (Å²) in [4.78, 5) is 28.1. The highest BCUT2D eigenvalue weighted by molar-refractivity contribution is 7.16. The third-order valence-corrected chi connectivity index (χ3v) is 4.73. The largest absolute Gasteiger partial charge is 0.416 e. The van der Waals surface area contributed by atoms with E-state index < -0.39 is 23.3 Å². The lowest BCUT2D eigenvalue weighted by molar-refractivity contribution is -0.137. The molecule has 0 aliphatic heterocycles. The molecule has 0 bridgehead atoms. The number of thiazole rings is 1. The summed E-state index contributed by atoms with van der Waals surface area (Å²) in [5, 5.41) is 4.17. The molecule has 7 nitrogen and oxygen atoms in total. The molecule has 2 N–H and O–H groups in total. The van der Waals surface area contributed by atoms with Gasteiger partial charge in [-0.25, -0.2) is 19.0 Å². The van der Waals surface area contributed by atoms with Crippen molar-refractivity contribution in [3.05, 3.63) is 62.8 Å². The molecule has 0 aliphatic rings. The second-order valence-corrected chi connectivity index (χ2v) is 6.39. The molecule has 0 aliphatic carbocycles. The first-order chi connectivity index (χ1) is 12.2. The van der Waals surface area contributed by atoms with Crippen LogP contribution in [0, 0.1) is 6.92 Å². The van der Waals surface area contributed by atoms with E-state index in [1.807, 2.05) is 0 Å². The molecule has 0 saturated heterocycles. The minimum atomic E-state index is -4.42. The van der Waals surface area contributed by atoms with E-state index >= 15 is 0 Å². The number of carbonyl (C=O) groups excluding carboxylic acids is 1. The van der Waals surface area contributed by atoms with E-state index in [4.69, 9.17) is 5.73 Å². The van der Waals surface area contributed by atoms with Gasteiger partial charge in [-0.15, -0.1) is 0 Å². The zero-order chi connectivity index (χ0) is 19.1. The second-order valence-electron chi connectivity index (χ2n) is 5.41. The number of aromatic nitrogens is 4. The topological polar surface area (TPSA) is 95.8 Å². The van der Waals surface area contributed by atoms with Gasteiger partial charge in [0.1, 0.15) is 11.2 Å². The lowest BCUT2D eigenvalue weighted by Crippen LogP contribution is -2.24. The van der Waals surface area contributed by atoms with E-state index in [1.54, 1.807) is 6.92 Å². The number of halogens is 3. The van der Waals surface area contributed by atoms with Gasteiger partial charge in [-0.05, 0) is 24.6 Å². The van der Waals surface area contributed by atoms with E-state index in [0.29, 0.717) is 11.3 Å². The van der Waals surface area contributed by atoms with Crippen LogP contribution in [0.5, 0.6) is 0 Å². The van der Waals surface area contributed by atoms with Crippen molar-refractivity contribution in [1.29, 1.82) is 0 Å². The van der Waals surface area contributed by atoms with Crippen LogP contribution in [0.4, 0.5) is 13.2 Å². The zero-order valence-electron chi connectivity index (χ0n) is 13.3. The van der Waals surface area contributed by atoms with Crippen molar-refractivity contribution >= 4 is 17.2 Å². The van der Waals surface area contributed by atoms with Gasteiger partial charge in [0.25, 0.3) is 5.91 Å². The van der Waals surface area contributed by atoms with Gasteiger partial charge in [0.2, 0.25) is 0 Å². The predicted octanol–water partition coefficient (Wildman–Crippen LogP) is 1.96. The highest BCUT2D eigenvalue weighted by Gasteiger charge is 2.30. The molecule has 0 unspecified atom stereocenters. The summed E-state index contributed by atoms with van der Waals surface area (Å²) >= 11 is 0.958. The number of amides is 1. The van der Waals surface area contributed by atoms with Gasteiger partial charge < -0.3 is 5.73 Å². The molecule has 0 atom stereocenters. The SMILES string of the molecule is Cc1nc(-n2cnn(Cc3ccc(C(F)(F)F)cc3)c2=O)sc1C(N)=O. The number of nitrogens with two attached hydrogens (primary N) is 1. The van der Waals surface area contributed by atoms with Crippen LogP contribution < -0.4 is 11.4 Å². The van der Waals surface area contributed by atoms with Gasteiger partial charge in [0.05, 0.1) is 17.8 Å². The lowest BCUT2D eigenvalue weighted by Gasteiger charge is -2.07. The number of alkyl halides is 3. The Morgan fingerprint density at radius 3 is 2.46 bits per heavy atom. The Morgan fingerprint density at radius 1 is 1.27 bits per heavy atom. The van der Waals surface area contributed by atoms with Gasteiger partial charge >= 0.3 is 11.9 Å². The van der Waals surface area contributed by atoms with Crippen molar-refractivity contribution in [2.75, 3.05) is 0 Å². The van der Waals surface area contributed by atoms with Gasteiger partial charge in [0, 0.05) is 0 Å². The van der Waals surface area contributed by atoms with E-state index in [0.717, 1.165) is 32.7 Å². The average Bonchev–Trinajstić information content (AvgIpc) is 3.11. The van der Waals surface area contributed by atoms with Crippen LogP contribution in [0.3, 0.4) is 0 Å². The number of benzene rings is 1. The Labute approximate surface area is 148 Å². The summed E-state index contributed by atoms with van der Waals surface area (Å²) in [6.07, 6.45) is -3.19. The molecule has 3 rings (SSSR count). The van der Waals surface area contributed by atoms with Crippen LogP contribution >= 0.6 is 11.3 Å². The molecule has 0 fully saturated rings. The molecule has 0 radical (unpaired) electrons. The summed E-state index contributed by atoms with van der Waals surface area (Å²) in [5.74, 6) is -0.642. The maximum Gasteiger partial charge on any atom is 0.416 e. The number of nitrogens with zero attached hydrogens (tertiary/aromatic N) is 4. The fourth-order valence-electron chi connectivity index (χ4n) is 2.26. The summed E-state index contributed by atoms with van der Waals surface area (Å²) in [6, 6.07) is 4.46. The maximum absolute atomic E-state index is 12.6. The van der Waals surface area contributed by atoms with Crippen molar-refractivity contribution in [2.45, 2.75) is 19.6 Å². The monoisotopic (exact) mass is 383 g/mol. The van der Waals surface area contributed by atoms with Crippen LogP contribution in [0.25, 0.3) is 5.13 Å². The van der Waals surface area contributed by atoms with Crippen molar-refractivity contribution in [3.63, 3.8) is 0 Å². The first-order valence-corrected chi connectivity index (χ1v) is 8.06. The quantitative estimate of drug-likeness (QED) is 0.745. The van der Waals surface area contributed by atoms with Gasteiger partial charge in [-0.2, -0.15) is 18.3 Å². The van der Waals surface area contributed by atoms with E-state index in [-0.39, 0.29) is 16.6 Å². The number of hydrogen-bond donors (Lipinski definition) is 1. The van der Waals surface area contributed by atoms with Crippen molar-refractivity contribution in [2.24, 2.45) is 5.73 Å². The number of primary amides is 1. The molecular weight excluding hydrogens is 371 g/mol. The molecule has 2 aromatic heterocycles. The predicted molar refractivity (Wildman–Crippen MR) is 87.3 cm³/mol. The summed E-state index contributed by atoms with van der Waals surface area (Å²) in [5.41, 5.74) is 4.82. The van der Waals surface area contributed by atoms with Crippen molar-refractivity contribution < 1.29 is 18.0 Å². The van der Waals surface area contributed by atoms with E-state index in [9.17, 15) is 22.8 Å². The molecule has 0 spiro atoms. The lowest BCUT2D eigenvalue weighted by atomic mass is 10.1. The normalized spacial score (nSPS) is 11.7. The van der Waals surface area contributed by atoms with Crippen molar-refractivity contribution in [1.82, 2.24) is 19.3 Å². The summed E-state index contributed by atoms with van der Waals surface area (Å²) in [6.45, 7) is 1.59. The molecule has 136 valence electrons. The summed E-state index contributed by atoms with van der Waals surface area (Å²) < 4.78 is 40.0. The van der Waals surface area contributed by atoms with Crippen LogP contribution in [0.15, 0.2) is 35.4 Å². The Bertz CT molecular complexity index is 1020. The highest BCUT2D eigenvalue weighted by atomic mass is 32.1. The molecule has 1 amide bonds. The Morgan fingerprint density at radius 2 is 1.92 bits per heavy atom. The first kappa shape index (κ1) is 17.9. The smallest absolute Gasteiger partial charge is 0.365 e. The summed E-state index contributed by atoms with van der Waals surface area (Å²) in [7, 11) is 0. The van der Waals surface area contributed by atoms with Crippen LogP contribution in [-0.4, -0.2) is 25.2 Å². The highest BCUT2D eigenvalue weighted by Crippen LogP contribution is 2.29. The molecule has 26 heavy (non-hydrogen) atoms. The van der Waals surface area contributed by atoms with Crippen LogP contribution in [-0.2, 0) is 12.7 Å².